The summed E-state index contributed by atoms with van der Waals surface area (Å²) in [5.41, 5.74) is 1.96. The van der Waals surface area contributed by atoms with Crippen LogP contribution in [-0.2, 0) is 0 Å². The molecule has 0 aliphatic carbocycles. The molecule has 0 saturated carbocycles. The van der Waals surface area contributed by atoms with Gasteiger partial charge in [0.1, 0.15) is 5.75 Å². The van der Waals surface area contributed by atoms with Crippen LogP contribution in [0.5, 0.6) is 23.0 Å². The van der Waals surface area contributed by atoms with Crippen LogP contribution < -0.4 is 18.9 Å². The van der Waals surface area contributed by atoms with E-state index in [1.165, 1.54) is 21.3 Å². The van der Waals surface area contributed by atoms with Gasteiger partial charge in [-0.15, -0.1) is 0 Å². The van der Waals surface area contributed by atoms with E-state index in [1.54, 1.807) is 13.2 Å². The van der Waals surface area contributed by atoms with Gasteiger partial charge in [0, 0.05) is 0 Å². The van der Waals surface area contributed by atoms with Gasteiger partial charge in [0.2, 0.25) is 5.75 Å². The Kier molecular flexibility index (Phi) is 4.88. The number of rotatable bonds is 6. The van der Waals surface area contributed by atoms with Crippen LogP contribution in [-0.4, -0.2) is 34.7 Å². The lowest BCUT2D eigenvalue weighted by molar-refractivity contribution is 0.112. The molecule has 2 rings (SSSR count). The molecule has 0 aliphatic rings. The average Bonchev–Trinajstić information content (AvgIpc) is 2.59. The topological polar surface area (TPSA) is 54.0 Å². The quantitative estimate of drug-likeness (QED) is 0.767. The van der Waals surface area contributed by atoms with Crippen LogP contribution >= 0.6 is 0 Å². The fourth-order valence-corrected chi connectivity index (χ4v) is 2.30. The van der Waals surface area contributed by atoms with Crippen molar-refractivity contribution in [3.05, 3.63) is 35.9 Å². The molecule has 5 heteroatoms. The molecule has 0 bridgehead atoms. The van der Waals surface area contributed by atoms with E-state index in [1.807, 2.05) is 24.3 Å². The van der Waals surface area contributed by atoms with Gasteiger partial charge in [-0.3, -0.25) is 4.79 Å². The Hall–Kier alpha value is -2.69. The normalized spacial score (nSPS) is 10.0. The van der Waals surface area contributed by atoms with E-state index in [4.69, 9.17) is 18.9 Å². The van der Waals surface area contributed by atoms with Gasteiger partial charge in [-0.05, 0) is 29.3 Å². The molecule has 22 heavy (non-hydrogen) atoms. The van der Waals surface area contributed by atoms with Crippen LogP contribution in [0.3, 0.4) is 0 Å². The number of ether oxygens (including phenoxy) is 4. The van der Waals surface area contributed by atoms with E-state index < -0.39 is 0 Å². The molecule has 0 aromatic heterocycles. The van der Waals surface area contributed by atoms with Gasteiger partial charge in [0.15, 0.2) is 17.8 Å². The largest absolute Gasteiger partial charge is 0.497 e. The summed E-state index contributed by atoms with van der Waals surface area (Å²) in [5, 5.41) is 0. The first kappa shape index (κ1) is 15.7. The van der Waals surface area contributed by atoms with E-state index in [-0.39, 0.29) is 0 Å². The van der Waals surface area contributed by atoms with E-state index in [0.717, 1.165) is 17.6 Å². The highest BCUT2D eigenvalue weighted by molar-refractivity contribution is 5.94. The van der Waals surface area contributed by atoms with Crippen LogP contribution in [0, 0.1) is 0 Å². The zero-order valence-electron chi connectivity index (χ0n) is 13.0. The van der Waals surface area contributed by atoms with E-state index >= 15 is 0 Å². The number of methoxy groups -OCH3 is 4. The second kappa shape index (κ2) is 6.85. The van der Waals surface area contributed by atoms with Crippen molar-refractivity contribution in [3.8, 4) is 34.1 Å². The number of carbonyl (C=O) groups is 1. The van der Waals surface area contributed by atoms with E-state index in [2.05, 4.69) is 0 Å². The van der Waals surface area contributed by atoms with Gasteiger partial charge in [-0.2, -0.15) is 0 Å². The zero-order valence-corrected chi connectivity index (χ0v) is 13.0. The fourth-order valence-electron chi connectivity index (χ4n) is 2.30. The molecule has 2 aromatic rings. The van der Waals surface area contributed by atoms with Gasteiger partial charge in [-0.1, -0.05) is 12.1 Å². The molecule has 0 spiro atoms. The molecule has 0 radical (unpaired) electrons. The second-order valence-corrected chi connectivity index (χ2v) is 4.45. The van der Waals surface area contributed by atoms with Crippen molar-refractivity contribution in [1.82, 2.24) is 0 Å². The van der Waals surface area contributed by atoms with Crippen molar-refractivity contribution in [2.24, 2.45) is 0 Å². The number of carbonyl (C=O) groups excluding carboxylic acids is 1. The lowest BCUT2D eigenvalue weighted by Crippen LogP contribution is -2.01. The maximum atomic E-state index is 11.6. The fraction of sp³-hybridized carbons (Fsp3) is 0.235. The van der Waals surface area contributed by atoms with Crippen molar-refractivity contribution in [2.45, 2.75) is 0 Å². The summed E-state index contributed by atoms with van der Waals surface area (Å²) in [7, 11) is 6.13. The van der Waals surface area contributed by atoms with Crippen LogP contribution in [0.25, 0.3) is 11.1 Å². The monoisotopic (exact) mass is 302 g/mol. The molecule has 0 saturated heterocycles. The predicted octanol–water partition coefficient (Wildman–Crippen LogP) is 3.20. The van der Waals surface area contributed by atoms with Crippen LogP contribution in [0.2, 0.25) is 0 Å². The molecule has 0 amide bonds. The van der Waals surface area contributed by atoms with Gasteiger partial charge >= 0.3 is 0 Å². The zero-order chi connectivity index (χ0) is 16.1. The lowest BCUT2D eigenvalue weighted by atomic mass is 9.98. The Morgan fingerprint density at radius 3 is 1.91 bits per heavy atom. The molecule has 5 nitrogen and oxygen atoms in total. The van der Waals surface area contributed by atoms with Gasteiger partial charge in [-0.25, -0.2) is 0 Å². The number of hydrogen-bond donors (Lipinski definition) is 0. The number of hydrogen-bond acceptors (Lipinski definition) is 5. The molecule has 0 N–H and O–H groups in total. The smallest absolute Gasteiger partial charge is 0.204 e. The van der Waals surface area contributed by atoms with Crippen LogP contribution in [0.1, 0.15) is 10.4 Å². The number of aldehydes is 1. The van der Waals surface area contributed by atoms with Crippen molar-refractivity contribution < 1.29 is 23.7 Å². The van der Waals surface area contributed by atoms with E-state index in [0.29, 0.717) is 28.4 Å². The summed E-state index contributed by atoms with van der Waals surface area (Å²) in [4.78, 5) is 11.6. The Morgan fingerprint density at radius 2 is 1.45 bits per heavy atom. The first-order valence-electron chi connectivity index (χ1n) is 6.62. The summed E-state index contributed by atoms with van der Waals surface area (Å²) in [6, 6.07) is 9.14. The minimum Gasteiger partial charge on any atom is -0.497 e. The standard InChI is InChI=1S/C17H18O5/c1-19-12-7-5-11(6-8-12)13-9-15(20-2)17(22-4)16(21-3)14(13)10-18/h5-10H,1-4H3. The molecule has 0 fully saturated rings. The molecule has 0 aliphatic heterocycles. The highest BCUT2D eigenvalue weighted by atomic mass is 16.5. The predicted molar refractivity (Wildman–Crippen MR) is 83.5 cm³/mol. The minimum atomic E-state index is 0.350. The maximum Gasteiger partial charge on any atom is 0.204 e. The molecular weight excluding hydrogens is 284 g/mol. The Morgan fingerprint density at radius 1 is 0.818 bits per heavy atom. The first-order valence-corrected chi connectivity index (χ1v) is 6.62. The summed E-state index contributed by atoms with van der Waals surface area (Å²) in [6.45, 7) is 0. The third kappa shape index (κ3) is 2.70. The molecule has 0 atom stereocenters. The molecule has 2 aromatic carbocycles. The summed E-state index contributed by atoms with van der Waals surface area (Å²) in [6.07, 6.45) is 0.750. The second-order valence-electron chi connectivity index (χ2n) is 4.45. The highest BCUT2D eigenvalue weighted by Crippen LogP contribution is 2.44. The summed E-state index contributed by atoms with van der Waals surface area (Å²) >= 11 is 0. The third-order valence-corrected chi connectivity index (χ3v) is 3.39. The number of benzene rings is 2. The van der Waals surface area contributed by atoms with Crippen molar-refractivity contribution in [1.29, 1.82) is 0 Å². The maximum absolute atomic E-state index is 11.6. The molecule has 116 valence electrons. The van der Waals surface area contributed by atoms with Crippen molar-refractivity contribution in [3.63, 3.8) is 0 Å². The summed E-state index contributed by atoms with van der Waals surface area (Å²) < 4.78 is 21.1. The van der Waals surface area contributed by atoms with Crippen LogP contribution in [0.4, 0.5) is 0 Å². The van der Waals surface area contributed by atoms with Crippen LogP contribution in [0.15, 0.2) is 30.3 Å². The first-order chi connectivity index (χ1) is 10.7. The Balaban J connectivity index is 2.70. The lowest BCUT2D eigenvalue weighted by Gasteiger charge is -2.17. The van der Waals surface area contributed by atoms with Crippen molar-refractivity contribution >= 4 is 6.29 Å². The highest BCUT2D eigenvalue weighted by Gasteiger charge is 2.21. The SMILES string of the molecule is COc1ccc(-c2cc(OC)c(OC)c(OC)c2C=O)cc1. The van der Waals surface area contributed by atoms with Crippen molar-refractivity contribution in [2.75, 3.05) is 28.4 Å². The minimum absolute atomic E-state index is 0.350. The molecular formula is C17H18O5. The van der Waals surface area contributed by atoms with Gasteiger partial charge < -0.3 is 18.9 Å². The van der Waals surface area contributed by atoms with Gasteiger partial charge in [0.25, 0.3) is 0 Å². The molecule has 0 unspecified atom stereocenters. The van der Waals surface area contributed by atoms with Gasteiger partial charge in [0.05, 0.1) is 34.0 Å². The molecule has 0 heterocycles. The average molecular weight is 302 g/mol. The summed E-state index contributed by atoms with van der Waals surface area (Å²) in [5.74, 6) is 1.98. The Bertz CT molecular complexity index is 662. The Labute approximate surface area is 129 Å². The third-order valence-electron chi connectivity index (χ3n) is 3.39. The van der Waals surface area contributed by atoms with E-state index in [9.17, 15) is 4.79 Å².